The van der Waals surface area contributed by atoms with Crippen molar-refractivity contribution in [1.82, 2.24) is 14.8 Å². The van der Waals surface area contributed by atoms with Gasteiger partial charge in [-0.25, -0.2) is 4.79 Å². The van der Waals surface area contributed by atoms with E-state index >= 15 is 0 Å². The van der Waals surface area contributed by atoms with Crippen molar-refractivity contribution in [2.24, 2.45) is 0 Å². The zero-order valence-electron chi connectivity index (χ0n) is 15.2. The molecule has 6 heteroatoms. The SMILES string of the molecule is O=C1OC2(CCN(C(=O)c3ccccn3)CC2)CN1CCc1ccccc1. The highest BCUT2D eigenvalue weighted by Crippen LogP contribution is 2.33. The van der Waals surface area contributed by atoms with Gasteiger partial charge < -0.3 is 14.5 Å². The van der Waals surface area contributed by atoms with E-state index in [1.54, 1.807) is 28.1 Å². The molecule has 0 N–H and O–H groups in total. The number of likely N-dealkylation sites (tertiary alicyclic amines) is 1. The first kappa shape index (κ1) is 17.5. The average molecular weight is 365 g/mol. The van der Waals surface area contributed by atoms with Gasteiger partial charge in [0.2, 0.25) is 0 Å². The van der Waals surface area contributed by atoms with E-state index in [9.17, 15) is 9.59 Å². The Balaban J connectivity index is 1.33. The van der Waals surface area contributed by atoms with Crippen LogP contribution in [0.4, 0.5) is 4.79 Å². The molecule has 0 aliphatic carbocycles. The van der Waals surface area contributed by atoms with Crippen LogP contribution in [0, 0.1) is 0 Å². The topological polar surface area (TPSA) is 62.7 Å². The fourth-order valence-corrected chi connectivity index (χ4v) is 3.80. The molecular weight excluding hydrogens is 342 g/mol. The van der Waals surface area contributed by atoms with Gasteiger partial charge in [-0.2, -0.15) is 0 Å². The number of carbonyl (C=O) groups is 2. The molecule has 0 radical (unpaired) electrons. The Bertz CT molecular complexity index is 802. The first-order valence-electron chi connectivity index (χ1n) is 9.37. The maximum Gasteiger partial charge on any atom is 0.410 e. The number of ether oxygens (including phenoxy) is 1. The quantitative estimate of drug-likeness (QED) is 0.836. The van der Waals surface area contributed by atoms with E-state index in [1.807, 2.05) is 24.3 Å². The summed E-state index contributed by atoms with van der Waals surface area (Å²) in [6.45, 7) is 2.41. The molecule has 2 amide bonds. The predicted molar refractivity (Wildman–Crippen MR) is 100 cm³/mol. The molecule has 1 aromatic carbocycles. The summed E-state index contributed by atoms with van der Waals surface area (Å²) < 4.78 is 5.76. The summed E-state index contributed by atoms with van der Waals surface area (Å²) in [6, 6.07) is 15.5. The molecule has 2 aliphatic rings. The normalized spacial score (nSPS) is 18.6. The number of hydrogen-bond donors (Lipinski definition) is 0. The Labute approximate surface area is 158 Å². The van der Waals surface area contributed by atoms with Crippen molar-refractivity contribution in [1.29, 1.82) is 0 Å². The highest BCUT2D eigenvalue weighted by Gasteiger charge is 2.47. The molecule has 2 aromatic rings. The number of piperidine rings is 1. The molecule has 6 nitrogen and oxygen atoms in total. The van der Waals surface area contributed by atoms with Crippen LogP contribution in [0.1, 0.15) is 28.9 Å². The number of aromatic nitrogens is 1. The van der Waals surface area contributed by atoms with E-state index < -0.39 is 5.60 Å². The molecule has 0 saturated carbocycles. The minimum absolute atomic E-state index is 0.0595. The zero-order valence-corrected chi connectivity index (χ0v) is 15.2. The van der Waals surface area contributed by atoms with Crippen LogP contribution >= 0.6 is 0 Å². The molecule has 4 rings (SSSR count). The predicted octanol–water partition coefficient (Wildman–Crippen LogP) is 2.75. The second-order valence-corrected chi connectivity index (χ2v) is 7.22. The molecule has 0 unspecified atom stereocenters. The summed E-state index contributed by atoms with van der Waals surface area (Å²) >= 11 is 0. The zero-order chi connectivity index (χ0) is 18.7. The minimum Gasteiger partial charge on any atom is -0.441 e. The van der Waals surface area contributed by atoms with Crippen LogP contribution in [-0.2, 0) is 11.2 Å². The average Bonchev–Trinajstić information content (AvgIpc) is 3.03. The molecule has 1 aromatic heterocycles. The first-order valence-corrected chi connectivity index (χ1v) is 9.37. The van der Waals surface area contributed by atoms with Crippen molar-refractivity contribution < 1.29 is 14.3 Å². The molecule has 3 heterocycles. The lowest BCUT2D eigenvalue weighted by atomic mass is 9.91. The Morgan fingerprint density at radius 3 is 2.52 bits per heavy atom. The Morgan fingerprint density at radius 2 is 1.81 bits per heavy atom. The minimum atomic E-state index is -0.464. The van der Waals surface area contributed by atoms with E-state index in [-0.39, 0.29) is 12.0 Å². The number of carbonyl (C=O) groups excluding carboxylic acids is 2. The van der Waals surface area contributed by atoms with Gasteiger partial charge in [-0.05, 0) is 24.1 Å². The molecule has 140 valence electrons. The lowest BCUT2D eigenvalue weighted by Gasteiger charge is -2.37. The molecule has 0 atom stereocenters. The van der Waals surface area contributed by atoms with Crippen LogP contribution in [0.15, 0.2) is 54.7 Å². The summed E-state index contributed by atoms with van der Waals surface area (Å²) in [6.07, 6.45) is 3.53. The van der Waals surface area contributed by atoms with Crippen LogP contribution < -0.4 is 0 Å². The standard InChI is InChI=1S/C21H23N3O3/c25-19(18-8-4-5-12-22-18)23-14-10-21(11-15-23)16-24(20(26)27-21)13-9-17-6-2-1-3-7-17/h1-8,12H,9-11,13-16H2. The van der Waals surface area contributed by atoms with Gasteiger partial charge in [0.05, 0.1) is 6.54 Å². The Kier molecular flexibility index (Phi) is 4.79. The van der Waals surface area contributed by atoms with Crippen LogP contribution in [0.25, 0.3) is 0 Å². The van der Waals surface area contributed by atoms with Gasteiger partial charge in [-0.15, -0.1) is 0 Å². The van der Waals surface area contributed by atoms with Crippen molar-refractivity contribution in [3.8, 4) is 0 Å². The van der Waals surface area contributed by atoms with Crippen molar-refractivity contribution in [3.05, 3.63) is 66.0 Å². The van der Waals surface area contributed by atoms with E-state index in [0.717, 1.165) is 6.42 Å². The second kappa shape index (κ2) is 7.39. The number of amides is 2. The second-order valence-electron chi connectivity index (χ2n) is 7.22. The maximum atomic E-state index is 12.5. The molecule has 1 spiro atoms. The maximum absolute atomic E-state index is 12.5. The third kappa shape index (κ3) is 3.79. The van der Waals surface area contributed by atoms with Crippen LogP contribution in [0.3, 0.4) is 0 Å². The van der Waals surface area contributed by atoms with Crippen molar-refractivity contribution in [3.63, 3.8) is 0 Å². The monoisotopic (exact) mass is 365 g/mol. The molecule has 27 heavy (non-hydrogen) atoms. The van der Waals surface area contributed by atoms with Crippen LogP contribution in [0.2, 0.25) is 0 Å². The Morgan fingerprint density at radius 1 is 1.07 bits per heavy atom. The molecule has 2 saturated heterocycles. The third-order valence-electron chi connectivity index (χ3n) is 5.40. The fourth-order valence-electron chi connectivity index (χ4n) is 3.80. The van der Waals surface area contributed by atoms with E-state index in [2.05, 4.69) is 17.1 Å². The third-order valence-corrected chi connectivity index (χ3v) is 5.40. The van der Waals surface area contributed by atoms with Crippen molar-refractivity contribution >= 4 is 12.0 Å². The van der Waals surface area contributed by atoms with Crippen LogP contribution in [-0.4, -0.2) is 58.6 Å². The molecule has 2 fully saturated rings. The Hall–Kier alpha value is -2.89. The molecule has 2 aliphatic heterocycles. The number of pyridine rings is 1. The summed E-state index contributed by atoms with van der Waals surface area (Å²) in [5.74, 6) is -0.0595. The van der Waals surface area contributed by atoms with E-state index in [1.165, 1.54) is 5.56 Å². The van der Waals surface area contributed by atoms with E-state index in [0.29, 0.717) is 44.7 Å². The summed E-state index contributed by atoms with van der Waals surface area (Å²) in [5.41, 5.74) is 1.21. The van der Waals surface area contributed by atoms with Gasteiger partial charge in [-0.3, -0.25) is 9.78 Å². The lowest BCUT2D eigenvalue weighted by molar-refractivity contribution is 0.00297. The highest BCUT2D eigenvalue weighted by atomic mass is 16.6. The number of benzene rings is 1. The van der Waals surface area contributed by atoms with E-state index in [4.69, 9.17) is 4.74 Å². The number of nitrogens with zero attached hydrogens (tertiary/aromatic N) is 3. The molecule has 0 bridgehead atoms. The van der Waals surface area contributed by atoms with Crippen molar-refractivity contribution in [2.45, 2.75) is 24.9 Å². The summed E-state index contributed by atoms with van der Waals surface area (Å²) in [4.78, 5) is 32.6. The van der Waals surface area contributed by atoms with Crippen molar-refractivity contribution in [2.75, 3.05) is 26.2 Å². The molecular formula is C21H23N3O3. The summed E-state index contributed by atoms with van der Waals surface area (Å²) in [7, 11) is 0. The fraction of sp³-hybridized carbons (Fsp3) is 0.381. The summed E-state index contributed by atoms with van der Waals surface area (Å²) in [5, 5.41) is 0. The van der Waals surface area contributed by atoms with Gasteiger partial charge in [0.25, 0.3) is 5.91 Å². The smallest absolute Gasteiger partial charge is 0.410 e. The number of rotatable bonds is 4. The largest absolute Gasteiger partial charge is 0.441 e. The number of hydrogen-bond acceptors (Lipinski definition) is 4. The van der Waals surface area contributed by atoms with Crippen LogP contribution in [0.5, 0.6) is 0 Å². The van der Waals surface area contributed by atoms with Gasteiger partial charge in [0, 0.05) is 38.7 Å². The highest BCUT2D eigenvalue weighted by molar-refractivity contribution is 5.92. The van der Waals surface area contributed by atoms with Gasteiger partial charge in [-0.1, -0.05) is 36.4 Å². The van der Waals surface area contributed by atoms with Gasteiger partial charge in [0.15, 0.2) is 0 Å². The van der Waals surface area contributed by atoms with Gasteiger partial charge in [0.1, 0.15) is 11.3 Å². The lowest BCUT2D eigenvalue weighted by Crippen LogP contribution is -2.49. The van der Waals surface area contributed by atoms with Gasteiger partial charge >= 0.3 is 6.09 Å². The first-order chi connectivity index (χ1) is 13.2.